The highest BCUT2D eigenvalue weighted by molar-refractivity contribution is 7.79. The van der Waals surface area contributed by atoms with Crippen LogP contribution in [-0.2, 0) is 10.4 Å². The van der Waals surface area contributed by atoms with Crippen LogP contribution in [0.15, 0.2) is 0 Å². The Morgan fingerprint density at radius 1 is 0.905 bits per heavy atom. The lowest BCUT2D eigenvalue weighted by Crippen LogP contribution is -2.43. The summed E-state index contributed by atoms with van der Waals surface area (Å²) in [5, 5.41) is 31.7. The number of hydrogen-bond acceptors (Lipinski definition) is 8. The predicted molar refractivity (Wildman–Crippen MR) is 74.0 cm³/mol. The number of nitrogens with zero attached hydrogens (tertiary/aromatic N) is 2. The molecule has 0 aliphatic rings. The molecule has 0 radical (unpaired) electrons. The lowest BCUT2D eigenvalue weighted by atomic mass is 10.7. The molecule has 14 N–H and O–H groups in total. The van der Waals surface area contributed by atoms with Gasteiger partial charge in [-0.2, -0.15) is 8.42 Å². The number of aliphatic hydroxyl groups excluding tert-OH is 2. The Kier molecular flexibility index (Phi) is 15.3. The molecule has 0 aromatic heterocycles. The smallest absolute Gasteiger partial charge is 0.394 e. The maximum atomic E-state index is 8.74. The predicted octanol–water partition coefficient (Wildman–Crippen LogP) is -4.56. The van der Waals surface area contributed by atoms with Crippen molar-refractivity contribution < 1.29 is 27.7 Å². The Hall–Kier alpha value is -1.75. The van der Waals surface area contributed by atoms with Crippen molar-refractivity contribution in [3.8, 4) is 0 Å². The van der Waals surface area contributed by atoms with Gasteiger partial charge in [-0.15, -0.1) is 0 Å². The molecule has 0 aliphatic heterocycles. The minimum absolute atomic E-state index is 0.0872. The van der Waals surface area contributed by atoms with Crippen LogP contribution in [0.4, 0.5) is 0 Å². The molecule has 14 nitrogen and oxygen atoms in total. The molecule has 0 saturated heterocycles. The maximum absolute atomic E-state index is 8.74. The van der Waals surface area contributed by atoms with Crippen LogP contribution in [0.1, 0.15) is 0 Å². The minimum Gasteiger partial charge on any atom is -0.394 e. The molecule has 0 saturated carbocycles. The fourth-order valence-electron chi connectivity index (χ4n) is 0.456. The molecule has 0 spiro atoms. The molecule has 0 rings (SSSR count). The second kappa shape index (κ2) is 13.2. The van der Waals surface area contributed by atoms with Crippen LogP contribution in [0.25, 0.3) is 0 Å². The van der Waals surface area contributed by atoms with Gasteiger partial charge in [-0.3, -0.25) is 29.9 Å². The third-order valence-corrected chi connectivity index (χ3v) is 1.30. The minimum atomic E-state index is -4.67. The summed E-state index contributed by atoms with van der Waals surface area (Å²) < 4.78 is 31.6. The summed E-state index contributed by atoms with van der Waals surface area (Å²) in [5.41, 5.74) is 9.79. The van der Waals surface area contributed by atoms with E-state index in [1.807, 2.05) is 0 Å². The van der Waals surface area contributed by atoms with Gasteiger partial charge in [0.05, 0.1) is 26.3 Å². The maximum Gasteiger partial charge on any atom is 0.394 e. The van der Waals surface area contributed by atoms with Crippen molar-refractivity contribution in [1.29, 1.82) is 10.8 Å². The molecule has 0 bridgehead atoms. The van der Waals surface area contributed by atoms with E-state index in [0.29, 0.717) is 0 Å². The van der Waals surface area contributed by atoms with E-state index in [0.717, 1.165) is 10.0 Å². The van der Waals surface area contributed by atoms with Crippen LogP contribution in [0.3, 0.4) is 0 Å². The van der Waals surface area contributed by atoms with E-state index in [-0.39, 0.29) is 38.2 Å². The highest BCUT2D eigenvalue weighted by Crippen LogP contribution is 1.70. The van der Waals surface area contributed by atoms with Crippen LogP contribution >= 0.6 is 0 Å². The van der Waals surface area contributed by atoms with Crippen molar-refractivity contribution in [3.05, 3.63) is 0 Å². The van der Waals surface area contributed by atoms with Gasteiger partial charge in [0, 0.05) is 0 Å². The fourth-order valence-corrected chi connectivity index (χ4v) is 0.456. The molecular weight excluding hydrogens is 312 g/mol. The lowest BCUT2D eigenvalue weighted by Gasteiger charge is -2.12. The number of nitrogens with two attached hydrogens (primary N) is 4. The van der Waals surface area contributed by atoms with E-state index < -0.39 is 10.4 Å². The van der Waals surface area contributed by atoms with Gasteiger partial charge >= 0.3 is 10.4 Å². The Balaban J connectivity index is -0.000000239. The van der Waals surface area contributed by atoms with E-state index >= 15 is 0 Å². The number of guanidine groups is 2. The first-order valence-corrected chi connectivity index (χ1v) is 6.40. The molecule has 0 unspecified atom stereocenters. The molecular formula is C6H22N8O6S. The fraction of sp³-hybridized carbons (Fsp3) is 0.667. The third-order valence-electron chi connectivity index (χ3n) is 1.30. The average molecular weight is 334 g/mol. The Bertz CT molecular complexity index is 359. The molecule has 0 aromatic rings. The number of nitrogens with one attached hydrogen (secondary N) is 2. The van der Waals surface area contributed by atoms with Crippen LogP contribution in [0.2, 0.25) is 0 Å². The van der Waals surface area contributed by atoms with Crippen LogP contribution in [0.5, 0.6) is 0 Å². The number of rotatable bonds is 4. The van der Waals surface area contributed by atoms with Crippen molar-refractivity contribution >= 4 is 22.3 Å². The van der Waals surface area contributed by atoms with Crippen molar-refractivity contribution in [1.82, 2.24) is 10.0 Å². The van der Waals surface area contributed by atoms with Crippen LogP contribution < -0.4 is 23.2 Å². The van der Waals surface area contributed by atoms with Crippen molar-refractivity contribution in [2.45, 2.75) is 0 Å². The summed E-state index contributed by atoms with van der Waals surface area (Å²) in [6, 6.07) is 0. The molecule has 21 heavy (non-hydrogen) atoms. The summed E-state index contributed by atoms with van der Waals surface area (Å²) in [4.78, 5) is 0. The second-order valence-corrected chi connectivity index (χ2v) is 3.95. The van der Waals surface area contributed by atoms with Gasteiger partial charge in [-0.25, -0.2) is 11.7 Å². The van der Waals surface area contributed by atoms with Gasteiger partial charge in [0.15, 0.2) is 0 Å². The number of aliphatic hydroxyl groups is 2. The molecule has 128 valence electrons. The Labute approximate surface area is 121 Å². The summed E-state index contributed by atoms with van der Waals surface area (Å²) >= 11 is 0. The average Bonchev–Trinajstić information content (AvgIpc) is 2.28. The first-order chi connectivity index (χ1) is 9.36. The van der Waals surface area contributed by atoms with Crippen molar-refractivity contribution in [3.63, 3.8) is 0 Å². The van der Waals surface area contributed by atoms with E-state index in [1.165, 1.54) is 0 Å². The topological polar surface area (TPSA) is 273 Å². The number of hydrogen-bond donors (Lipinski definition) is 10. The van der Waals surface area contributed by atoms with Crippen LogP contribution in [0, 0.1) is 10.8 Å². The molecule has 0 atom stereocenters. The molecule has 15 heteroatoms. The van der Waals surface area contributed by atoms with Gasteiger partial charge in [0.2, 0.25) is 11.9 Å². The van der Waals surface area contributed by atoms with E-state index in [2.05, 4.69) is 0 Å². The zero-order valence-electron chi connectivity index (χ0n) is 11.0. The van der Waals surface area contributed by atoms with Crippen molar-refractivity contribution in [2.24, 2.45) is 23.2 Å². The van der Waals surface area contributed by atoms with E-state index in [1.54, 1.807) is 0 Å². The van der Waals surface area contributed by atoms with Gasteiger partial charge in [0.25, 0.3) is 0 Å². The zero-order valence-corrected chi connectivity index (χ0v) is 11.9. The van der Waals surface area contributed by atoms with E-state index in [9.17, 15) is 0 Å². The summed E-state index contributed by atoms with van der Waals surface area (Å²) in [6.07, 6.45) is 0. The van der Waals surface area contributed by atoms with Gasteiger partial charge < -0.3 is 21.7 Å². The van der Waals surface area contributed by atoms with Gasteiger partial charge in [-0.1, -0.05) is 0 Å². The largest absolute Gasteiger partial charge is 0.394 e. The Morgan fingerprint density at radius 2 is 1.10 bits per heavy atom. The summed E-state index contributed by atoms with van der Waals surface area (Å²) in [5.74, 6) is 9.63. The van der Waals surface area contributed by atoms with E-state index in [4.69, 9.17) is 61.7 Å². The molecule has 0 heterocycles. The lowest BCUT2D eigenvalue weighted by molar-refractivity contribution is 0.250. The zero-order chi connectivity index (χ0) is 17.6. The molecule has 0 aliphatic carbocycles. The molecule has 0 amide bonds. The summed E-state index contributed by atoms with van der Waals surface area (Å²) in [7, 11) is -4.67. The van der Waals surface area contributed by atoms with Crippen molar-refractivity contribution in [2.75, 3.05) is 26.3 Å². The SMILES string of the molecule is N=C(N)N(N)CCO.N=C(N)N(N)CCO.O=S(=O)(O)O. The standard InChI is InChI=1S/2C3H10N4O.H2O4S/c2*4-3(5)7(6)1-2-8;1-5(2,3)4/h2*8H,1-2,6H2,(H3,4,5);(H2,1,2,3,4). The highest BCUT2D eigenvalue weighted by Gasteiger charge is 1.95. The molecule has 0 fully saturated rings. The number of hydrazine groups is 2. The van der Waals surface area contributed by atoms with Gasteiger partial charge in [-0.05, 0) is 0 Å². The quantitative estimate of drug-likeness (QED) is 0.0764. The highest BCUT2D eigenvalue weighted by atomic mass is 32.3. The molecule has 0 aromatic carbocycles. The normalized spacial score (nSPS) is 9.43. The van der Waals surface area contributed by atoms with Gasteiger partial charge in [0.1, 0.15) is 0 Å². The van der Waals surface area contributed by atoms with Crippen LogP contribution in [-0.4, -0.2) is 76.0 Å². The first-order valence-electron chi connectivity index (χ1n) is 5.00. The Morgan fingerprint density at radius 3 is 1.14 bits per heavy atom. The third kappa shape index (κ3) is 32.1. The monoisotopic (exact) mass is 334 g/mol. The second-order valence-electron chi connectivity index (χ2n) is 3.05. The summed E-state index contributed by atoms with van der Waals surface area (Å²) in [6.45, 7) is 0.233. The first kappa shape index (κ1) is 24.3.